The number of aliphatic hydroxyl groups excluding tert-OH is 1. The molecule has 0 spiro atoms. The van der Waals surface area contributed by atoms with Crippen molar-refractivity contribution >= 4 is 0 Å². The number of benzene rings is 1. The Morgan fingerprint density at radius 2 is 1.75 bits per heavy atom. The van der Waals surface area contributed by atoms with Crippen molar-refractivity contribution in [1.29, 1.82) is 0 Å². The summed E-state index contributed by atoms with van der Waals surface area (Å²) in [5, 5.41) is 9.35. The van der Waals surface area contributed by atoms with Crippen molar-refractivity contribution < 1.29 is 23.4 Å². The molecule has 204 valence electrons. The molecule has 4 nitrogen and oxygen atoms in total. The van der Waals surface area contributed by atoms with Crippen molar-refractivity contribution in [2.45, 2.75) is 71.8 Å². The Labute approximate surface area is 217 Å². The highest BCUT2D eigenvalue weighted by atomic mass is 19.2. The van der Waals surface area contributed by atoms with Gasteiger partial charge in [0.15, 0.2) is 11.6 Å². The van der Waals surface area contributed by atoms with E-state index in [1.165, 1.54) is 56.4 Å². The number of fused-ring (bicyclic) bond motifs is 3. The highest BCUT2D eigenvalue weighted by Gasteiger charge is 2.53. The Hall–Kier alpha value is -1.34. The number of allylic oxidation sites excluding steroid dienone is 1. The second kappa shape index (κ2) is 14.0. The zero-order valence-electron chi connectivity index (χ0n) is 22.6. The SMILES string of the molecule is C=C1CCC2C3COCOC3CCC2(C)C1CCN1CCC(CO)CC1.CC.Fc1ccccc1F. The van der Waals surface area contributed by atoms with Gasteiger partial charge in [-0.25, -0.2) is 8.78 Å². The number of nitrogens with zero attached hydrogens (tertiary/aromatic N) is 1. The fourth-order valence-corrected chi connectivity index (χ4v) is 6.99. The average Bonchev–Trinajstić information content (AvgIpc) is 2.91. The minimum atomic E-state index is -0.799. The van der Waals surface area contributed by atoms with E-state index in [-0.39, 0.29) is 0 Å². The number of rotatable bonds is 4. The second-order valence-electron chi connectivity index (χ2n) is 10.9. The molecule has 1 N–H and O–H groups in total. The van der Waals surface area contributed by atoms with Crippen LogP contribution in [0, 0.1) is 40.7 Å². The second-order valence-corrected chi connectivity index (χ2v) is 10.9. The van der Waals surface area contributed by atoms with E-state index < -0.39 is 11.6 Å². The molecule has 2 aliphatic heterocycles. The number of halogens is 2. The van der Waals surface area contributed by atoms with Crippen LogP contribution in [0.5, 0.6) is 0 Å². The molecule has 0 radical (unpaired) electrons. The fraction of sp³-hybridized carbons (Fsp3) is 0.733. The summed E-state index contributed by atoms with van der Waals surface area (Å²) in [6.07, 6.45) is 8.88. The van der Waals surface area contributed by atoms with Gasteiger partial charge in [-0.1, -0.05) is 45.1 Å². The van der Waals surface area contributed by atoms with Gasteiger partial charge in [-0.05, 0) is 99.9 Å². The fourth-order valence-electron chi connectivity index (χ4n) is 6.99. The highest BCUT2D eigenvalue weighted by molar-refractivity contribution is 5.15. The van der Waals surface area contributed by atoms with E-state index in [1.807, 2.05) is 13.8 Å². The quantitative estimate of drug-likeness (QED) is 0.476. The monoisotopic (exact) mass is 507 g/mol. The summed E-state index contributed by atoms with van der Waals surface area (Å²) >= 11 is 0. The summed E-state index contributed by atoms with van der Waals surface area (Å²) in [6.45, 7) is 16.3. The van der Waals surface area contributed by atoms with E-state index in [2.05, 4.69) is 18.4 Å². The van der Waals surface area contributed by atoms with Crippen LogP contribution in [0.1, 0.15) is 65.7 Å². The zero-order valence-corrected chi connectivity index (χ0v) is 22.6. The minimum Gasteiger partial charge on any atom is -0.396 e. The van der Waals surface area contributed by atoms with Crippen LogP contribution in [0.3, 0.4) is 0 Å². The lowest BCUT2D eigenvalue weighted by atomic mass is 9.50. The van der Waals surface area contributed by atoms with E-state index in [0.29, 0.717) is 42.7 Å². The van der Waals surface area contributed by atoms with Gasteiger partial charge >= 0.3 is 0 Å². The highest BCUT2D eigenvalue weighted by Crippen LogP contribution is 2.58. The molecule has 4 aliphatic rings. The van der Waals surface area contributed by atoms with Crippen LogP contribution in [0.25, 0.3) is 0 Å². The van der Waals surface area contributed by atoms with Crippen LogP contribution in [0.2, 0.25) is 0 Å². The van der Waals surface area contributed by atoms with Crippen molar-refractivity contribution in [3.63, 3.8) is 0 Å². The van der Waals surface area contributed by atoms with E-state index in [4.69, 9.17) is 9.47 Å². The summed E-state index contributed by atoms with van der Waals surface area (Å²) in [4.78, 5) is 2.62. The van der Waals surface area contributed by atoms with Crippen LogP contribution in [0.4, 0.5) is 8.78 Å². The molecule has 2 heterocycles. The maximum Gasteiger partial charge on any atom is 0.158 e. The van der Waals surface area contributed by atoms with Gasteiger partial charge in [-0.2, -0.15) is 0 Å². The molecule has 2 saturated carbocycles. The summed E-state index contributed by atoms with van der Waals surface area (Å²) < 4.78 is 35.5. The summed E-state index contributed by atoms with van der Waals surface area (Å²) in [6, 6.07) is 5.04. The predicted octanol–water partition coefficient (Wildman–Crippen LogP) is 6.44. The van der Waals surface area contributed by atoms with E-state index in [1.54, 1.807) is 0 Å². The van der Waals surface area contributed by atoms with Crippen LogP contribution < -0.4 is 0 Å². The van der Waals surface area contributed by atoms with Gasteiger partial charge < -0.3 is 19.5 Å². The van der Waals surface area contributed by atoms with Crippen molar-refractivity contribution in [2.75, 3.05) is 39.6 Å². The Balaban J connectivity index is 0.000000305. The third-order valence-electron chi connectivity index (χ3n) is 9.07. The third kappa shape index (κ3) is 6.94. The normalized spacial score (nSPS) is 32.8. The maximum atomic E-state index is 11.9. The summed E-state index contributed by atoms with van der Waals surface area (Å²) in [5.41, 5.74) is 1.86. The predicted molar refractivity (Wildman–Crippen MR) is 140 cm³/mol. The lowest BCUT2D eigenvalue weighted by molar-refractivity contribution is -0.218. The third-order valence-corrected chi connectivity index (χ3v) is 9.07. The molecular weight excluding hydrogens is 460 g/mol. The lowest BCUT2D eigenvalue weighted by Crippen LogP contribution is -2.54. The molecule has 0 amide bonds. The maximum absolute atomic E-state index is 11.9. The molecule has 6 heteroatoms. The molecule has 1 aromatic carbocycles. The van der Waals surface area contributed by atoms with Crippen molar-refractivity contribution in [1.82, 2.24) is 4.90 Å². The van der Waals surface area contributed by atoms with Gasteiger partial charge in [-0.3, -0.25) is 0 Å². The van der Waals surface area contributed by atoms with Crippen LogP contribution in [-0.4, -0.2) is 55.8 Å². The topological polar surface area (TPSA) is 41.9 Å². The molecule has 0 bridgehead atoms. The van der Waals surface area contributed by atoms with Crippen LogP contribution >= 0.6 is 0 Å². The van der Waals surface area contributed by atoms with Crippen LogP contribution in [-0.2, 0) is 9.47 Å². The van der Waals surface area contributed by atoms with Gasteiger partial charge in [0, 0.05) is 12.5 Å². The first-order valence-electron chi connectivity index (χ1n) is 14.0. The molecule has 5 unspecified atom stereocenters. The van der Waals surface area contributed by atoms with Gasteiger partial charge in [0.1, 0.15) is 6.79 Å². The Morgan fingerprint density at radius 3 is 2.36 bits per heavy atom. The summed E-state index contributed by atoms with van der Waals surface area (Å²) in [7, 11) is 0. The summed E-state index contributed by atoms with van der Waals surface area (Å²) in [5.74, 6) is 0.870. The smallest absolute Gasteiger partial charge is 0.158 e. The molecule has 2 saturated heterocycles. The molecular formula is C30H47F2NO3. The first-order valence-corrected chi connectivity index (χ1v) is 14.0. The standard InChI is InChI=1S/C22H37NO3.C6H4F2.C2H6/c1-16-3-4-20-18-14-25-15-26-21(18)5-9-22(20,2)19(16)8-12-23-10-6-17(13-24)7-11-23;7-5-3-1-2-4-6(5)8;1-2/h17-21,24H,1,3-15H2,2H3;1-4H;1-2H3. The zero-order chi connectivity index (χ0) is 26.1. The molecule has 1 aromatic rings. The first-order chi connectivity index (χ1) is 17.4. The molecule has 5 rings (SSSR count). The Bertz CT molecular complexity index is 792. The molecule has 4 fully saturated rings. The minimum absolute atomic E-state index is 0.361. The van der Waals surface area contributed by atoms with E-state index in [0.717, 1.165) is 50.6 Å². The van der Waals surface area contributed by atoms with Crippen molar-refractivity contribution in [3.05, 3.63) is 48.1 Å². The first kappa shape index (κ1) is 29.2. The van der Waals surface area contributed by atoms with Crippen molar-refractivity contribution in [3.8, 4) is 0 Å². The van der Waals surface area contributed by atoms with Crippen LogP contribution in [0.15, 0.2) is 36.4 Å². The number of hydrogen-bond acceptors (Lipinski definition) is 4. The number of hydrogen-bond donors (Lipinski definition) is 1. The number of piperidine rings is 1. The lowest BCUT2D eigenvalue weighted by Gasteiger charge is -2.57. The van der Waals surface area contributed by atoms with Gasteiger partial charge in [0.25, 0.3) is 0 Å². The Kier molecular flexibility index (Phi) is 11.4. The Morgan fingerprint density at radius 1 is 1.08 bits per heavy atom. The number of ether oxygens (including phenoxy) is 2. The molecule has 36 heavy (non-hydrogen) atoms. The molecule has 2 aliphatic carbocycles. The largest absolute Gasteiger partial charge is 0.396 e. The average molecular weight is 508 g/mol. The number of aliphatic hydroxyl groups is 1. The van der Waals surface area contributed by atoms with E-state index in [9.17, 15) is 13.9 Å². The van der Waals surface area contributed by atoms with E-state index >= 15 is 0 Å². The molecule has 0 aromatic heterocycles. The number of likely N-dealkylation sites (tertiary alicyclic amines) is 1. The van der Waals surface area contributed by atoms with Gasteiger partial charge in [-0.15, -0.1) is 0 Å². The van der Waals surface area contributed by atoms with Gasteiger partial charge in [0.2, 0.25) is 0 Å². The van der Waals surface area contributed by atoms with Crippen molar-refractivity contribution in [2.24, 2.45) is 29.1 Å². The van der Waals surface area contributed by atoms with Gasteiger partial charge in [0.05, 0.1) is 12.7 Å². The molecule has 5 atom stereocenters.